The lowest BCUT2D eigenvalue weighted by atomic mass is 10.1. The van der Waals surface area contributed by atoms with Crippen LogP contribution in [-0.4, -0.2) is 37.1 Å². The topological polar surface area (TPSA) is 139 Å². The Morgan fingerprint density at radius 1 is 1.00 bits per heavy atom. The van der Waals surface area contributed by atoms with E-state index in [2.05, 4.69) is 30.2 Å². The highest BCUT2D eigenvalue weighted by molar-refractivity contribution is 6.15. The summed E-state index contributed by atoms with van der Waals surface area (Å²) in [6, 6.07) is 5.66. The highest BCUT2D eigenvalue weighted by Gasteiger charge is 2.34. The van der Waals surface area contributed by atoms with Gasteiger partial charge in [0.1, 0.15) is 11.4 Å². The predicted octanol–water partition coefficient (Wildman–Crippen LogP) is -0.650. The fraction of sp³-hybridized carbons (Fsp3) is 0. The highest BCUT2D eigenvalue weighted by atomic mass is 16.8. The molecule has 22 heavy (non-hydrogen) atoms. The number of hydrogen-bond donors (Lipinski definition) is 0. The molecule has 108 valence electrons. The van der Waals surface area contributed by atoms with Gasteiger partial charge >= 0.3 is 5.69 Å². The van der Waals surface area contributed by atoms with Gasteiger partial charge in [-0.2, -0.15) is 10.2 Å². The second-order valence-corrected chi connectivity index (χ2v) is 4.00. The second-order valence-electron chi connectivity index (χ2n) is 4.00. The van der Waals surface area contributed by atoms with E-state index in [1.54, 1.807) is 0 Å². The van der Waals surface area contributed by atoms with Crippen LogP contribution in [0, 0.1) is 5.21 Å². The number of rotatable bonds is 4. The molecule has 3 heterocycles. The van der Waals surface area contributed by atoms with E-state index in [9.17, 15) is 14.8 Å². The standard InChI is InChI=1S/C12H6N6O4/c19-11(7-3-1-5-13-15-7)9-10(18(21)22-17-9)12(20)8-4-2-6-14-16-8/h1-6H. The Morgan fingerprint density at radius 2 is 1.59 bits per heavy atom. The van der Waals surface area contributed by atoms with Gasteiger partial charge in [0.15, 0.2) is 0 Å². The van der Waals surface area contributed by atoms with E-state index >= 15 is 0 Å². The van der Waals surface area contributed by atoms with E-state index in [-0.39, 0.29) is 16.3 Å². The van der Waals surface area contributed by atoms with Crippen molar-refractivity contribution in [2.45, 2.75) is 0 Å². The lowest BCUT2D eigenvalue weighted by molar-refractivity contribution is -0.803. The van der Waals surface area contributed by atoms with Crippen molar-refractivity contribution in [2.24, 2.45) is 0 Å². The second kappa shape index (κ2) is 5.44. The van der Waals surface area contributed by atoms with Crippen molar-refractivity contribution in [3.8, 4) is 0 Å². The van der Waals surface area contributed by atoms with Crippen molar-refractivity contribution >= 4 is 11.6 Å². The fourth-order valence-corrected chi connectivity index (χ4v) is 1.68. The molecule has 0 aliphatic heterocycles. The minimum atomic E-state index is -0.836. The molecule has 10 nitrogen and oxygen atoms in total. The third-order valence-electron chi connectivity index (χ3n) is 2.65. The van der Waals surface area contributed by atoms with Crippen molar-refractivity contribution in [2.75, 3.05) is 0 Å². The third-order valence-corrected chi connectivity index (χ3v) is 2.65. The van der Waals surface area contributed by atoms with Crippen LogP contribution in [0.4, 0.5) is 0 Å². The van der Waals surface area contributed by atoms with Crippen molar-refractivity contribution in [1.29, 1.82) is 0 Å². The van der Waals surface area contributed by atoms with Gasteiger partial charge in [-0.1, -0.05) is 0 Å². The summed E-state index contributed by atoms with van der Waals surface area (Å²) in [5.74, 6) is -1.60. The minimum absolute atomic E-state index is 0.0791. The zero-order chi connectivity index (χ0) is 15.5. The normalized spacial score (nSPS) is 10.4. The first-order valence-electron chi connectivity index (χ1n) is 5.93. The molecule has 0 spiro atoms. The van der Waals surface area contributed by atoms with Crippen molar-refractivity contribution in [1.82, 2.24) is 25.6 Å². The van der Waals surface area contributed by atoms with Gasteiger partial charge in [-0.15, -0.1) is 10.2 Å². The smallest absolute Gasteiger partial charge is 0.302 e. The van der Waals surface area contributed by atoms with Crippen LogP contribution in [0.15, 0.2) is 41.3 Å². The monoisotopic (exact) mass is 298 g/mol. The van der Waals surface area contributed by atoms with E-state index in [4.69, 9.17) is 0 Å². The molecule has 0 radical (unpaired) electrons. The highest BCUT2D eigenvalue weighted by Crippen LogP contribution is 2.11. The molecule has 0 unspecified atom stereocenters. The van der Waals surface area contributed by atoms with Crippen LogP contribution in [0.1, 0.15) is 32.4 Å². The zero-order valence-electron chi connectivity index (χ0n) is 10.8. The fourth-order valence-electron chi connectivity index (χ4n) is 1.68. The molecular weight excluding hydrogens is 292 g/mol. The first-order valence-corrected chi connectivity index (χ1v) is 5.93. The van der Waals surface area contributed by atoms with Gasteiger partial charge in [-0.3, -0.25) is 14.2 Å². The van der Waals surface area contributed by atoms with E-state index in [0.717, 1.165) is 0 Å². The summed E-state index contributed by atoms with van der Waals surface area (Å²) in [4.78, 5) is 24.4. The molecule has 0 fully saturated rings. The Bertz CT molecular complexity index is 833. The van der Waals surface area contributed by atoms with E-state index in [0.29, 0.717) is 0 Å². The molecule has 0 atom stereocenters. The van der Waals surface area contributed by atoms with Gasteiger partial charge in [0.05, 0.1) is 5.16 Å². The lowest BCUT2D eigenvalue weighted by Crippen LogP contribution is -2.33. The zero-order valence-corrected chi connectivity index (χ0v) is 10.8. The van der Waals surface area contributed by atoms with Gasteiger partial charge < -0.3 is 5.21 Å². The van der Waals surface area contributed by atoms with Crippen LogP contribution in [-0.2, 0) is 0 Å². The van der Waals surface area contributed by atoms with Crippen LogP contribution in [0.5, 0.6) is 0 Å². The van der Waals surface area contributed by atoms with Gasteiger partial charge in [0, 0.05) is 12.4 Å². The van der Waals surface area contributed by atoms with Crippen LogP contribution >= 0.6 is 0 Å². The molecule has 0 N–H and O–H groups in total. The van der Waals surface area contributed by atoms with Crippen molar-refractivity contribution in [3.05, 3.63) is 64.6 Å². The summed E-state index contributed by atoms with van der Waals surface area (Å²) in [6.07, 6.45) is 2.74. The maximum atomic E-state index is 12.3. The Morgan fingerprint density at radius 3 is 2.14 bits per heavy atom. The molecule has 0 saturated carbocycles. The first-order chi connectivity index (χ1) is 10.7. The SMILES string of the molecule is O=C(c1cccnn1)c1no[n+]([O-])c1C(=O)c1cccnn1. The van der Waals surface area contributed by atoms with Crippen LogP contribution in [0.2, 0.25) is 0 Å². The number of carbonyl (C=O) groups excluding carboxylic acids is 2. The molecule has 3 rings (SSSR count). The first kappa shape index (κ1) is 13.4. The molecule has 0 bridgehead atoms. The summed E-state index contributed by atoms with van der Waals surface area (Å²) in [6.45, 7) is 0. The molecular formula is C12H6N6O4. The average Bonchev–Trinajstić information content (AvgIpc) is 2.96. The average molecular weight is 298 g/mol. The summed E-state index contributed by atoms with van der Waals surface area (Å²) in [5.41, 5.74) is -1.25. The summed E-state index contributed by atoms with van der Waals surface area (Å²) in [7, 11) is 0. The molecule has 0 aliphatic rings. The Balaban J connectivity index is 2.05. The molecule has 3 aromatic rings. The van der Waals surface area contributed by atoms with Crippen molar-refractivity contribution in [3.63, 3.8) is 0 Å². The molecule has 0 aromatic carbocycles. The molecule has 0 aliphatic carbocycles. The molecule has 10 heteroatoms. The maximum absolute atomic E-state index is 12.3. The molecule has 0 saturated heterocycles. The van der Waals surface area contributed by atoms with Crippen molar-refractivity contribution < 1.29 is 19.1 Å². The quantitative estimate of drug-likeness (QED) is 0.454. The lowest BCUT2D eigenvalue weighted by Gasteiger charge is -1.97. The Kier molecular flexibility index (Phi) is 3.32. The summed E-state index contributed by atoms with van der Waals surface area (Å²) >= 11 is 0. The van der Waals surface area contributed by atoms with Gasteiger partial charge in [0.25, 0.3) is 17.3 Å². The summed E-state index contributed by atoms with van der Waals surface area (Å²) in [5, 5.41) is 29.2. The largest absolute Gasteiger partial charge is 0.359 e. The van der Waals surface area contributed by atoms with Crippen LogP contribution < -0.4 is 4.90 Å². The number of carbonyl (C=O) groups is 2. The van der Waals surface area contributed by atoms with E-state index in [1.165, 1.54) is 36.7 Å². The number of aromatic nitrogens is 6. The number of nitrogens with zero attached hydrogens (tertiary/aromatic N) is 6. The van der Waals surface area contributed by atoms with Crippen LogP contribution in [0.25, 0.3) is 0 Å². The number of ketones is 2. The third kappa shape index (κ3) is 2.28. The molecule has 3 aromatic heterocycles. The predicted molar refractivity (Wildman–Crippen MR) is 66.4 cm³/mol. The Labute approximate surface area is 122 Å². The Hall–Kier alpha value is -3.56. The summed E-state index contributed by atoms with van der Waals surface area (Å²) < 4.78 is 4.35. The minimum Gasteiger partial charge on any atom is -0.359 e. The van der Waals surface area contributed by atoms with Crippen LogP contribution in [0.3, 0.4) is 0 Å². The maximum Gasteiger partial charge on any atom is 0.302 e. The van der Waals surface area contributed by atoms with Gasteiger partial charge in [-0.25, -0.2) is 0 Å². The van der Waals surface area contributed by atoms with E-state index < -0.39 is 23.0 Å². The van der Waals surface area contributed by atoms with Gasteiger partial charge in [-0.05, 0) is 29.2 Å². The molecule has 0 amide bonds. The number of hydrogen-bond acceptors (Lipinski definition) is 9. The van der Waals surface area contributed by atoms with Gasteiger partial charge in [0.2, 0.25) is 0 Å². The van der Waals surface area contributed by atoms with E-state index in [1.807, 2.05) is 0 Å².